The van der Waals surface area contributed by atoms with Crippen molar-refractivity contribution in [1.82, 2.24) is 15.5 Å². The molecule has 0 bridgehead atoms. The third kappa shape index (κ3) is 3.01. The van der Waals surface area contributed by atoms with Gasteiger partial charge >= 0.3 is 0 Å². The van der Waals surface area contributed by atoms with Crippen LogP contribution in [0.15, 0.2) is 59.3 Å². The second-order valence-electron chi connectivity index (χ2n) is 4.56. The van der Waals surface area contributed by atoms with Gasteiger partial charge in [-0.2, -0.15) is 0 Å². The Labute approximate surface area is 125 Å². The Morgan fingerprint density at radius 1 is 1.18 bits per heavy atom. The second kappa shape index (κ2) is 6.17. The van der Waals surface area contributed by atoms with E-state index >= 15 is 0 Å². The molecule has 0 unspecified atom stereocenters. The van der Waals surface area contributed by atoms with Gasteiger partial charge in [0.15, 0.2) is 5.76 Å². The maximum atomic E-state index is 13.7. The molecule has 0 saturated heterocycles. The highest BCUT2D eigenvalue weighted by atomic mass is 19.1. The fourth-order valence-corrected chi connectivity index (χ4v) is 1.94. The molecule has 110 valence electrons. The topological polar surface area (TPSA) is 68.0 Å². The van der Waals surface area contributed by atoms with E-state index < -0.39 is 0 Å². The van der Waals surface area contributed by atoms with Crippen LogP contribution in [0.4, 0.5) is 4.39 Å². The molecule has 2 aromatic heterocycles. The molecule has 0 atom stereocenters. The Balaban J connectivity index is 1.68. The lowest BCUT2D eigenvalue weighted by Crippen LogP contribution is -2.23. The zero-order valence-corrected chi connectivity index (χ0v) is 11.5. The number of benzene rings is 1. The van der Waals surface area contributed by atoms with Gasteiger partial charge in [-0.15, -0.1) is 0 Å². The van der Waals surface area contributed by atoms with Gasteiger partial charge in [-0.3, -0.25) is 9.78 Å². The maximum Gasteiger partial charge on any atom is 0.270 e. The van der Waals surface area contributed by atoms with E-state index in [9.17, 15) is 9.18 Å². The first-order chi connectivity index (χ1) is 10.7. The largest absolute Gasteiger partial charge is 0.356 e. The predicted octanol–water partition coefficient (Wildman–Crippen LogP) is 2.81. The van der Waals surface area contributed by atoms with Crippen LogP contribution in [0.2, 0.25) is 0 Å². The summed E-state index contributed by atoms with van der Waals surface area (Å²) in [6, 6.07) is 12.9. The summed E-state index contributed by atoms with van der Waals surface area (Å²) in [7, 11) is 0. The minimum absolute atomic E-state index is 0.174. The lowest BCUT2D eigenvalue weighted by atomic mass is 10.1. The van der Waals surface area contributed by atoms with Crippen molar-refractivity contribution in [3.05, 3.63) is 71.9 Å². The molecule has 3 aromatic rings. The van der Waals surface area contributed by atoms with E-state index in [4.69, 9.17) is 4.52 Å². The Hall–Kier alpha value is -3.02. The van der Waals surface area contributed by atoms with Gasteiger partial charge in [-0.25, -0.2) is 4.39 Å². The third-order valence-electron chi connectivity index (χ3n) is 3.03. The van der Waals surface area contributed by atoms with Crippen molar-refractivity contribution in [2.24, 2.45) is 0 Å². The maximum absolute atomic E-state index is 13.7. The van der Waals surface area contributed by atoms with E-state index in [2.05, 4.69) is 15.5 Å². The van der Waals surface area contributed by atoms with Crippen molar-refractivity contribution < 1.29 is 13.7 Å². The smallest absolute Gasteiger partial charge is 0.270 e. The first kappa shape index (κ1) is 13.9. The van der Waals surface area contributed by atoms with Crippen LogP contribution in [0.5, 0.6) is 0 Å². The Bertz CT molecular complexity index is 787. The summed E-state index contributed by atoms with van der Waals surface area (Å²) in [5, 5.41) is 6.50. The van der Waals surface area contributed by atoms with Crippen molar-refractivity contribution >= 4 is 5.91 Å². The SMILES string of the molecule is O=C(NCc1cc(-c2ccccc2F)on1)c1ccccn1. The summed E-state index contributed by atoms with van der Waals surface area (Å²) >= 11 is 0. The van der Waals surface area contributed by atoms with Gasteiger partial charge in [0.05, 0.1) is 12.1 Å². The van der Waals surface area contributed by atoms with Crippen LogP contribution >= 0.6 is 0 Å². The van der Waals surface area contributed by atoms with Crippen LogP contribution < -0.4 is 5.32 Å². The molecule has 0 aliphatic rings. The number of hydrogen-bond acceptors (Lipinski definition) is 4. The summed E-state index contributed by atoms with van der Waals surface area (Å²) in [6.45, 7) is 0.174. The normalized spacial score (nSPS) is 10.4. The number of aromatic nitrogens is 2. The van der Waals surface area contributed by atoms with Gasteiger partial charge in [-0.1, -0.05) is 23.4 Å². The van der Waals surface area contributed by atoms with E-state index in [1.807, 2.05) is 0 Å². The van der Waals surface area contributed by atoms with Crippen LogP contribution in [0.25, 0.3) is 11.3 Å². The Morgan fingerprint density at radius 2 is 2.00 bits per heavy atom. The molecular weight excluding hydrogens is 285 g/mol. The van der Waals surface area contributed by atoms with Gasteiger partial charge in [-0.05, 0) is 24.3 Å². The first-order valence-electron chi connectivity index (χ1n) is 6.64. The molecular formula is C16H12FN3O2. The number of carbonyl (C=O) groups is 1. The average Bonchev–Trinajstić information content (AvgIpc) is 3.02. The molecule has 5 nitrogen and oxygen atoms in total. The molecule has 0 spiro atoms. The number of carbonyl (C=O) groups excluding carboxylic acids is 1. The molecule has 0 radical (unpaired) electrons. The van der Waals surface area contributed by atoms with Gasteiger partial charge in [0.25, 0.3) is 5.91 Å². The van der Waals surface area contributed by atoms with Gasteiger partial charge in [0.1, 0.15) is 17.2 Å². The summed E-state index contributed by atoms with van der Waals surface area (Å²) in [6.07, 6.45) is 1.54. The number of hydrogen-bond donors (Lipinski definition) is 1. The lowest BCUT2D eigenvalue weighted by Gasteiger charge is -2.01. The van der Waals surface area contributed by atoms with Crippen molar-refractivity contribution in [1.29, 1.82) is 0 Å². The lowest BCUT2D eigenvalue weighted by molar-refractivity contribution is 0.0945. The van der Waals surface area contributed by atoms with E-state index in [1.54, 1.807) is 48.7 Å². The molecule has 6 heteroatoms. The van der Waals surface area contributed by atoms with Crippen LogP contribution in [-0.2, 0) is 6.54 Å². The minimum Gasteiger partial charge on any atom is -0.356 e. The number of amides is 1. The average molecular weight is 297 g/mol. The zero-order valence-electron chi connectivity index (χ0n) is 11.5. The highest BCUT2D eigenvalue weighted by molar-refractivity contribution is 5.92. The van der Waals surface area contributed by atoms with Gasteiger partial charge in [0.2, 0.25) is 0 Å². The Morgan fingerprint density at radius 3 is 2.77 bits per heavy atom. The van der Waals surface area contributed by atoms with Crippen LogP contribution in [-0.4, -0.2) is 16.0 Å². The summed E-state index contributed by atoms with van der Waals surface area (Å²) < 4.78 is 18.8. The molecule has 1 N–H and O–H groups in total. The first-order valence-corrected chi connectivity index (χ1v) is 6.64. The van der Waals surface area contributed by atoms with E-state index in [0.29, 0.717) is 22.7 Å². The van der Waals surface area contributed by atoms with Crippen molar-refractivity contribution in [2.75, 3.05) is 0 Å². The number of rotatable bonds is 4. The molecule has 0 aliphatic carbocycles. The molecule has 0 saturated carbocycles. The fourth-order valence-electron chi connectivity index (χ4n) is 1.94. The quantitative estimate of drug-likeness (QED) is 0.804. The molecule has 1 aromatic carbocycles. The standard InChI is InChI=1S/C16H12FN3O2/c17-13-6-2-1-5-12(13)15-9-11(20-22-15)10-19-16(21)14-7-3-4-8-18-14/h1-9H,10H2,(H,19,21). The molecule has 0 fully saturated rings. The van der Waals surface area contributed by atoms with Crippen LogP contribution in [0, 0.1) is 5.82 Å². The summed E-state index contributed by atoms with van der Waals surface area (Å²) in [4.78, 5) is 15.8. The highest BCUT2D eigenvalue weighted by Gasteiger charge is 2.12. The number of nitrogens with one attached hydrogen (secondary N) is 1. The van der Waals surface area contributed by atoms with Crippen molar-refractivity contribution in [3.8, 4) is 11.3 Å². The second-order valence-corrected chi connectivity index (χ2v) is 4.56. The highest BCUT2D eigenvalue weighted by Crippen LogP contribution is 2.23. The molecule has 2 heterocycles. The van der Waals surface area contributed by atoms with E-state index in [-0.39, 0.29) is 18.3 Å². The van der Waals surface area contributed by atoms with Gasteiger partial charge < -0.3 is 9.84 Å². The van der Waals surface area contributed by atoms with Gasteiger partial charge in [0, 0.05) is 12.3 Å². The number of pyridine rings is 1. The third-order valence-corrected chi connectivity index (χ3v) is 3.03. The molecule has 0 aliphatic heterocycles. The predicted molar refractivity (Wildman–Crippen MR) is 77.3 cm³/mol. The molecule has 1 amide bonds. The minimum atomic E-state index is -0.386. The zero-order chi connectivity index (χ0) is 15.4. The summed E-state index contributed by atoms with van der Waals surface area (Å²) in [5.41, 5.74) is 1.15. The van der Waals surface area contributed by atoms with Crippen molar-refractivity contribution in [3.63, 3.8) is 0 Å². The number of nitrogens with zero attached hydrogens (tertiary/aromatic N) is 2. The monoisotopic (exact) mass is 297 g/mol. The fraction of sp³-hybridized carbons (Fsp3) is 0.0625. The van der Waals surface area contributed by atoms with Crippen LogP contribution in [0.1, 0.15) is 16.2 Å². The number of halogens is 1. The van der Waals surface area contributed by atoms with E-state index in [1.165, 1.54) is 6.07 Å². The van der Waals surface area contributed by atoms with Crippen LogP contribution in [0.3, 0.4) is 0 Å². The summed E-state index contributed by atoms with van der Waals surface area (Å²) in [5.74, 6) is -0.376. The van der Waals surface area contributed by atoms with Crippen molar-refractivity contribution in [2.45, 2.75) is 6.54 Å². The molecule has 22 heavy (non-hydrogen) atoms. The molecule has 3 rings (SSSR count). The Kier molecular flexibility index (Phi) is 3.91. The van der Waals surface area contributed by atoms with E-state index in [0.717, 1.165) is 0 Å².